The van der Waals surface area contributed by atoms with E-state index in [-0.39, 0.29) is 12.6 Å². The lowest BCUT2D eigenvalue weighted by molar-refractivity contribution is 0.302. The lowest BCUT2D eigenvalue weighted by Gasteiger charge is -2.11. The Labute approximate surface area is 131 Å². The maximum atomic E-state index is 13.1. The largest absolute Gasteiger partial charge is 0.488 e. The fourth-order valence-corrected chi connectivity index (χ4v) is 2.56. The highest BCUT2D eigenvalue weighted by atomic mass is 79.9. The van der Waals surface area contributed by atoms with Crippen LogP contribution in [0.5, 0.6) is 5.75 Å². The van der Waals surface area contributed by atoms with Gasteiger partial charge in [0, 0.05) is 12.1 Å². The molecule has 2 aromatic carbocycles. The number of nitrogens with two attached hydrogens (primary N) is 1. The topological polar surface area (TPSA) is 35.2 Å². The zero-order valence-electron chi connectivity index (χ0n) is 11.6. The monoisotopic (exact) mass is 355 g/mol. The zero-order chi connectivity index (χ0) is 15.4. The van der Waals surface area contributed by atoms with E-state index in [1.54, 1.807) is 0 Å². The minimum Gasteiger partial charge on any atom is -0.488 e. The van der Waals surface area contributed by atoms with Gasteiger partial charge < -0.3 is 10.5 Å². The number of benzene rings is 2. The Morgan fingerprint density at radius 1 is 1.10 bits per heavy atom. The molecule has 0 saturated carbocycles. The quantitative estimate of drug-likeness (QED) is 0.872. The summed E-state index contributed by atoms with van der Waals surface area (Å²) in [4.78, 5) is 0. The Kier molecular flexibility index (Phi) is 5.31. The van der Waals surface area contributed by atoms with E-state index < -0.39 is 11.6 Å². The molecule has 21 heavy (non-hydrogen) atoms. The normalized spacial score (nSPS) is 12.2. The minimum absolute atomic E-state index is 0.0823. The molecule has 0 radical (unpaired) electrons. The first kappa shape index (κ1) is 15.9. The van der Waals surface area contributed by atoms with Crippen LogP contribution in [0.15, 0.2) is 40.9 Å². The van der Waals surface area contributed by atoms with Crippen LogP contribution in [0.4, 0.5) is 8.78 Å². The van der Waals surface area contributed by atoms with Crippen LogP contribution in [0.25, 0.3) is 0 Å². The zero-order valence-corrected chi connectivity index (χ0v) is 13.2. The summed E-state index contributed by atoms with van der Waals surface area (Å²) < 4.78 is 32.6. The lowest BCUT2D eigenvalue weighted by Crippen LogP contribution is -2.17. The van der Waals surface area contributed by atoms with Gasteiger partial charge in [-0.25, -0.2) is 8.78 Å². The van der Waals surface area contributed by atoms with Gasteiger partial charge in [0.25, 0.3) is 0 Å². The molecular formula is C16H16BrF2NO. The van der Waals surface area contributed by atoms with Crippen molar-refractivity contribution in [3.8, 4) is 5.75 Å². The van der Waals surface area contributed by atoms with Gasteiger partial charge in [0.05, 0.1) is 4.47 Å². The first-order valence-electron chi connectivity index (χ1n) is 6.56. The molecule has 5 heteroatoms. The Balaban J connectivity index is 2.06. The second-order valence-corrected chi connectivity index (χ2v) is 5.87. The molecule has 0 aliphatic rings. The molecule has 0 spiro atoms. The van der Waals surface area contributed by atoms with Crippen molar-refractivity contribution in [1.82, 2.24) is 0 Å². The molecule has 0 aromatic heterocycles. The fourth-order valence-electron chi connectivity index (χ4n) is 2.02. The summed E-state index contributed by atoms with van der Waals surface area (Å²) >= 11 is 3.43. The van der Waals surface area contributed by atoms with Crippen molar-refractivity contribution in [2.75, 3.05) is 0 Å². The van der Waals surface area contributed by atoms with Gasteiger partial charge in [0.2, 0.25) is 0 Å². The molecule has 0 fully saturated rings. The maximum Gasteiger partial charge on any atom is 0.134 e. The third-order valence-corrected chi connectivity index (χ3v) is 3.49. The molecule has 0 bridgehead atoms. The van der Waals surface area contributed by atoms with Gasteiger partial charge in [-0.15, -0.1) is 0 Å². The number of ether oxygens (including phenoxy) is 1. The number of rotatable bonds is 5. The van der Waals surface area contributed by atoms with Crippen molar-refractivity contribution < 1.29 is 13.5 Å². The van der Waals surface area contributed by atoms with Gasteiger partial charge in [-0.3, -0.25) is 0 Å². The van der Waals surface area contributed by atoms with Crippen LogP contribution in [0.3, 0.4) is 0 Å². The van der Waals surface area contributed by atoms with E-state index in [0.717, 1.165) is 22.5 Å². The van der Waals surface area contributed by atoms with Crippen LogP contribution in [-0.4, -0.2) is 6.04 Å². The minimum atomic E-state index is -0.611. The summed E-state index contributed by atoms with van der Waals surface area (Å²) in [6.07, 6.45) is 0.772. The molecule has 0 aliphatic heterocycles. The second kappa shape index (κ2) is 7.00. The van der Waals surface area contributed by atoms with Gasteiger partial charge >= 0.3 is 0 Å². The van der Waals surface area contributed by atoms with Gasteiger partial charge in [0.15, 0.2) is 0 Å². The van der Waals surface area contributed by atoms with Crippen molar-refractivity contribution in [2.45, 2.75) is 26.0 Å². The van der Waals surface area contributed by atoms with Crippen LogP contribution >= 0.6 is 15.9 Å². The van der Waals surface area contributed by atoms with Crippen molar-refractivity contribution in [3.63, 3.8) is 0 Å². The summed E-state index contributed by atoms with van der Waals surface area (Å²) in [5.74, 6) is -0.604. The molecule has 112 valence electrons. The van der Waals surface area contributed by atoms with Crippen LogP contribution in [0.1, 0.15) is 18.1 Å². The van der Waals surface area contributed by atoms with E-state index >= 15 is 0 Å². The van der Waals surface area contributed by atoms with Crippen LogP contribution in [0.2, 0.25) is 0 Å². The average molecular weight is 356 g/mol. The van der Waals surface area contributed by atoms with E-state index in [0.29, 0.717) is 11.3 Å². The predicted molar refractivity (Wildman–Crippen MR) is 82.2 cm³/mol. The Hall–Kier alpha value is -1.46. The van der Waals surface area contributed by atoms with Crippen molar-refractivity contribution in [3.05, 3.63) is 63.6 Å². The number of hydrogen-bond acceptors (Lipinski definition) is 2. The van der Waals surface area contributed by atoms with Crippen LogP contribution in [-0.2, 0) is 13.0 Å². The molecule has 0 amide bonds. The van der Waals surface area contributed by atoms with Crippen LogP contribution in [0, 0.1) is 11.6 Å². The molecule has 0 aliphatic carbocycles. The van der Waals surface area contributed by atoms with Crippen molar-refractivity contribution in [2.24, 2.45) is 5.73 Å². The van der Waals surface area contributed by atoms with E-state index in [4.69, 9.17) is 10.5 Å². The highest BCUT2D eigenvalue weighted by molar-refractivity contribution is 9.10. The van der Waals surface area contributed by atoms with Crippen molar-refractivity contribution >= 4 is 15.9 Å². The summed E-state index contributed by atoms with van der Waals surface area (Å²) in [6, 6.07) is 9.10. The smallest absolute Gasteiger partial charge is 0.134 e. The van der Waals surface area contributed by atoms with Gasteiger partial charge in [-0.2, -0.15) is 0 Å². The van der Waals surface area contributed by atoms with E-state index in [1.165, 1.54) is 12.1 Å². The molecule has 2 aromatic rings. The maximum absolute atomic E-state index is 13.1. The van der Waals surface area contributed by atoms with Crippen LogP contribution < -0.4 is 10.5 Å². The Morgan fingerprint density at radius 3 is 2.33 bits per heavy atom. The highest BCUT2D eigenvalue weighted by Gasteiger charge is 2.06. The van der Waals surface area contributed by atoms with Gasteiger partial charge in [0.1, 0.15) is 24.0 Å². The SMILES string of the molecule is CC(N)Cc1ccc(OCc2cc(F)cc(F)c2)c(Br)c1. The molecule has 2 nitrogen and oxygen atoms in total. The first-order chi connectivity index (χ1) is 9.94. The van der Waals surface area contributed by atoms with E-state index in [1.807, 2.05) is 25.1 Å². The van der Waals surface area contributed by atoms with Crippen molar-refractivity contribution in [1.29, 1.82) is 0 Å². The lowest BCUT2D eigenvalue weighted by atomic mass is 10.1. The summed E-state index contributed by atoms with van der Waals surface area (Å²) in [5.41, 5.74) is 7.30. The number of hydrogen-bond donors (Lipinski definition) is 1. The van der Waals surface area contributed by atoms with E-state index in [9.17, 15) is 8.78 Å². The average Bonchev–Trinajstić information content (AvgIpc) is 2.36. The molecule has 2 rings (SSSR count). The van der Waals surface area contributed by atoms with Gasteiger partial charge in [-0.05, 0) is 64.7 Å². The Bertz CT molecular complexity index is 611. The standard InChI is InChI=1S/C16H16BrF2NO/c1-10(20)4-11-2-3-16(15(17)7-11)21-9-12-5-13(18)8-14(19)6-12/h2-3,5-8,10H,4,9,20H2,1H3. The predicted octanol–water partition coefficient (Wildman–Crippen LogP) is 4.20. The molecule has 0 saturated heterocycles. The third-order valence-electron chi connectivity index (χ3n) is 2.87. The second-order valence-electron chi connectivity index (χ2n) is 5.01. The van der Waals surface area contributed by atoms with Gasteiger partial charge in [-0.1, -0.05) is 6.07 Å². The number of halogens is 3. The third kappa shape index (κ3) is 4.79. The first-order valence-corrected chi connectivity index (χ1v) is 7.35. The Morgan fingerprint density at radius 2 is 1.76 bits per heavy atom. The molecule has 1 atom stereocenters. The summed E-state index contributed by atoms with van der Waals surface area (Å²) in [7, 11) is 0. The summed E-state index contributed by atoms with van der Waals surface area (Å²) in [5, 5.41) is 0. The molecule has 1 unspecified atom stereocenters. The molecule has 2 N–H and O–H groups in total. The highest BCUT2D eigenvalue weighted by Crippen LogP contribution is 2.27. The van der Waals surface area contributed by atoms with E-state index in [2.05, 4.69) is 15.9 Å². The summed E-state index contributed by atoms with van der Waals surface area (Å²) in [6.45, 7) is 2.04. The molecular weight excluding hydrogens is 340 g/mol. The molecule has 0 heterocycles. The fraction of sp³-hybridized carbons (Fsp3) is 0.250.